The summed E-state index contributed by atoms with van der Waals surface area (Å²) in [5, 5.41) is 8.95. The van der Waals surface area contributed by atoms with Crippen molar-refractivity contribution in [2.24, 2.45) is 0 Å². The molecular weight excluding hydrogens is 397 g/mol. The second kappa shape index (κ2) is 12.1. The molecule has 0 saturated carbocycles. The molecule has 0 aliphatic heterocycles. The number of aryl methyl sites for hydroxylation is 1. The molecule has 2 aromatic carbocycles. The van der Waals surface area contributed by atoms with E-state index in [1.165, 1.54) is 6.07 Å². The standard InChI is InChI=1S/C25H32FNO4/c1-4-6-7-8-24(28)27(3)17-21-15-19(11-13-22(21)26)20-10-9-18(12-14-25(29)30)23(16-20)31-5-2/h9-11,13,15-16H,4-8,12,14,17H2,1-3H3,(H,29,30). The monoisotopic (exact) mass is 429 g/mol. The number of ether oxygens (including phenoxy) is 1. The molecule has 2 aromatic rings. The van der Waals surface area contributed by atoms with Crippen LogP contribution in [0.3, 0.4) is 0 Å². The second-order valence-corrected chi connectivity index (χ2v) is 7.66. The van der Waals surface area contributed by atoms with Crippen molar-refractivity contribution in [1.29, 1.82) is 0 Å². The maximum atomic E-state index is 14.4. The van der Waals surface area contributed by atoms with Gasteiger partial charge in [0.2, 0.25) is 5.91 Å². The van der Waals surface area contributed by atoms with Gasteiger partial charge in [-0.2, -0.15) is 0 Å². The fourth-order valence-electron chi connectivity index (χ4n) is 3.41. The molecule has 0 unspecified atom stereocenters. The fraction of sp³-hybridized carbons (Fsp3) is 0.440. The number of amides is 1. The molecule has 0 radical (unpaired) electrons. The van der Waals surface area contributed by atoms with Crippen LogP contribution in [0.1, 0.15) is 57.1 Å². The Kier molecular flexibility index (Phi) is 9.50. The number of nitrogens with zero attached hydrogens (tertiary/aromatic N) is 1. The van der Waals surface area contributed by atoms with Crippen molar-refractivity contribution in [3.05, 3.63) is 53.3 Å². The molecule has 168 valence electrons. The average Bonchev–Trinajstić information content (AvgIpc) is 2.74. The van der Waals surface area contributed by atoms with E-state index >= 15 is 0 Å². The van der Waals surface area contributed by atoms with Gasteiger partial charge in [-0.3, -0.25) is 9.59 Å². The van der Waals surface area contributed by atoms with Crippen molar-refractivity contribution >= 4 is 11.9 Å². The zero-order valence-corrected chi connectivity index (χ0v) is 18.6. The highest BCUT2D eigenvalue weighted by Crippen LogP contribution is 2.30. The van der Waals surface area contributed by atoms with Crippen LogP contribution in [0, 0.1) is 5.82 Å². The number of carboxylic acids is 1. The van der Waals surface area contributed by atoms with Crippen LogP contribution in [-0.2, 0) is 22.6 Å². The maximum absolute atomic E-state index is 14.4. The quantitative estimate of drug-likeness (QED) is 0.456. The molecule has 0 fully saturated rings. The lowest BCUT2D eigenvalue weighted by atomic mass is 9.99. The fourth-order valence-corrected chi connectivity index (χ4v) is 3.41. The summed E-state index contributed by atoms with van der Waals surface area (Å²) >= 11 is 0. The van der Waals surface area contributed by atoms with Crippen LogP contribution in [0.25, 0.3) is 11.1 Å². The molecule has 0 aliphatic rings. The number of hydrogen-bond acceptors (Lipinski definition) is 3. The van der Waals surface area contributed by atoms with E-state index in [-0.39, 0.29) is 24.7 Å². The van der Waals surface area contributed by atoms with Crippen LogP contribution >= 0.6 is 0 Å². The summed E-state index contributed by atoms with van der Waals surface area (Å²) in [7, 11) is 1.70. The first-order valence-corrected chi connectivity index (χ1v) is 10.9. The molecule has 0 aliphatic carbocycles. The van der Waals surface area contributed by atoms with Crippen LogP contribution in [0.2, 0.25) is 0 Å². The number of halogens is 1. The lowest BCUT2D eigenvalue weighted by Crippen LogP contribution is -2.26. The number of hydrogen-bond donors (Lipinski definition) is 1. The topological polar surface area (TPSA) is 66.8 Å². The summed E-state index contributed by atoms with van der Waals surface area (Å²) in [6.07, 6.45) is 3.78. The predicted octanol–water partition coefficient (Wildman–Crippen LogP) is 5.45. The number of carbonyl (C=O) groups excluding carboxylic acids is 1. The third-order valence-electron chi connectivity index (χ3n) is 5.18. The van der Waals surface area contributed by atoms with Crippen molar-refractivity contribution in [3.63, 3.8) is 0 Å². The molecule has 2 rings (SSSR count). The Morgan fingerprint density at radius 2 is 1.71 bits per heavy atom. The number of carbonyl (C=O) groups is 2. The van der Waals surface area contributed by atoms with Gasteiger partial charge in [-0.05, 0) is 54.7 Å². The van der Waals surface area contributed by atoms with Gasteiger partial charge in [0.25, 0.3) is 0 Å². The summed E-state index contributed by atoms with van der Waals surface area (Å²) in [6, 6.07) is 10.5. The van der Waals surface area contributed by atoms with Gasteiger partial charge in [0.05, 0.1) is 6.61 Å². The molecule has 0 aromatic heterocycles. The zero-order chi connectivity index (χ0) is 22.8. The van der Waals surface area contributed by atoms with E-state index in [1.54, 1.807) is 24.1 Å². The molecule has 0 bridgehead atoms. The van der Waals surface area contributed by atoms with E-state index < -0.39 is 5.97 Å². The van der Waals surface area contributed by atoms with Crippen molar-refractivity contribution in [2.45, 2.75) is 58.9 Å². The predicted molar refractivity (Wildman–Crippen MR) is 120 cm³/mol. The first kappa shape index (κ1) is 24.4. The van der Waals surface area contributed by atoms with Gasteiger partial charge in [-0.1, -0.05) is 38.0 Å². The van der Waals surface area contributed by atoms with E-state index in [0.29, 0.717) is 30.8 Å². The average molecular weight is 430 g/mol. The number of aliphatic carboxylic acids is 1. The van der Waals surface area contributed by atoms with Crippen molar-refractivity contribution < 1.29 is 23.8 Å². The lowest BCUT2D eigenvalue weighted by Gasteiger charge is -2.18. The van der Waals surface area contributed by atoms with Gasteiger partial charge in [-0.15, -0.1) is 0 Å². The van der Waals surface area contributed by atoms with Crippen LogP contribution in [0.4, 0.5) is 4.39 Å². The second-order valence-electron chi connectivity index (χ2n) is 7.66. The molecular formula is C25H32FNO4. The van der Waals surface area contributed by atoms with Gasteiger partial charge in [-0.25, -0.2) is 4.39 Å². The van der Waals surface area contributed by atoms with Gasteiger partial charge < -0.3 is 14.7 Å². The van der Waals surface area contributed by atoms with Crippen molar-refractivity contribution in [2.75, 3.05) is 13.7 Å². The van der Waals surface area contributed by atoms with E-state index in [1.807, 2.05) is 25.1 Å². The van der Waals surface area contributed by atoms with E-state index in [4.69, 9.17) is 9.84 Å². The number of carboxylic acid groups (broad SMARTS) is 1. The number of rotatable bonds is 12. The van der Waals surface area contributed by atoms with Crippen molar-refractivity contribution in [1.82, 2.24) is 4.90 Å². The summed E-state index contributed by atoms with van der Waals surface area (Å²) in [6.45, 7) is 4.63. The van der Waals surface area contributed by atoms with Crippen LogP contribution in [-0.4, -0.2) is 35.5 Å². The minimum atomic E-state index is -0.858. The molecule has 0 atom stereocenters. The Morgan fingerprint density at radius 1 is 1.00 bits per heavy atom. The number of benzene rings is 2. The Balaban J connectivity index is 2.22. The van der Waals surface area contributed by atoms with E-state index in [9.17, 15) is 14.0 Å². The summed E-state index contributed by atoms with van der Waals surface area (Å²) in [4.78, 5) is 24.8. The smallest absolute Gasteiger partial charge is 0.303 e. The Bertz CT molecular complexity index is 897. The number of unbranched alkanes of at least 4 members (excludes halogenated alkanes) is 2. The zero-order valence-electron chi connectivity index (χ0n) is 18.6. The van der Waals surface area contributed by atoms with E-state index in [0.717, 1.165) is 36.0 Å². The lowest BCUT2D eigenvalue weighted by molar-refractivity contribution is -0.137. The molecule has 5 nitrogen and oxygen atoms in total. The summed E-state index contributed by atoms with van der Waals surface area (Å²) < 4.78 is 20.1. The Hall–Kier alpha value is -2.89. The normalized spacial score (nSPS) is 10.7. The van der Waals surface area contributed by atoms with Crippen LogP contribution < -0.4 is 4.74 Å². The highest BCUT2D eigenvalue weighted by molar-refractivity contribution is 5.76. The Morgan fingerprint density at radius 3 is 2.39 bits per heavy atom. The third-order valence-corrected chi connectivity index (χ3v) is 5.18. The Labute approximate surface area is 183 Å². The highest BCUT2D eigenvalue weighted by atomic mass is 19.1. The first-order valence-electron chi connectivity index (χ1n) is 10.9. The molecule has 1 amide bonds. The van der Waals surface area contributed by atoms with Gasteiger partial charge >= 0.3 is 5.97 Å². The first-order chi connectivity index (χ1) is 14.8. The minimum absolute atomic E-state index is 0.0136. The van der Waals surface area contributed by atoms with Gasteiger partial charge in [0, 0.05) is 32.0 Å². The van der Waals surface area contributed by atoms with Gasteiger partial charge in [0.15, 0.2) is 0 Å². The van der Waals surface area contributed by atoms with Crippen molar-refractivity contribution in [3.8, 4) is 16.9 Å². The molecule has 0 saturated heterocycles. The summed E-state index contributed by atoms with van der Waals surface area (Å²) in [5.41, 5.74) is 2.94. The largest absolute Gasteiger partial charge is 0.494 e. The molecule has 31 heavy (non-hydrogen) atoms. The highest BCUT2D eigenvalue weighted by Gasteiger charge is 2.14. The maximum Gasteiger partial charge on any atom is 0.303 e. The van der Waals surface area contributed by atoms with Crippen LogP contribution in [0.5, 0.6) is 5.75 Å². The molecule has 1 N–H and O–H groups in total. The minimum Gasteiger partial charge on any atom is -0.494 e. The molecule has 6 heteroatoms. The molecule has 0 heterocycles. The molecule has 0 spiro atoms. The van der Waals surface area contributed by atoms with Crippen LogP contribution in [0.15, 0.2) is 36.4 Å². The van der Waals surface area contributed by atoms with E-state index in [2.05, 4.69) is 6.92 Å². The van der Waals surface area contributed by atoms with Gasteiger partial charge in [0.1, 0.15) is 11.6 Å². The SMILES string of the molecule is CCCCCC(=O)N(C)Cc1cc(-c2ccc(CCC(=O)O)c(OCC)c2)ccc1F. The summed E-state index contributed by atoms with van der Waals surface area (Å²) in [5.74, 6) is -0.557. The third kappa shape index (κ3) is 7.39.